The first kappa shape index (κ1) is 17.8. The van der Waals surface area contributed by atoms with E-state index in [-0.39, 0.29) is 36.0 Å². The van der Waals surface area contributed by atoms with Gasteiger partial charge < -0.3 is 14.2 Å². The largest absolute Gasteiger partial charge is 0.454 e. The van der Waals surface area contributed by atoms with Crippen LogP contribution in [0, 0.1) is 5.82 Å². The van der Waals surface area contributed by atoms with Crippen LogP contribution in [0.5, 0.6) is 11.5 Å². The molecule has 0 bridgehead atoms. The highest BCUT2D eigenvalue weighted by molar-refractivity contribution is 6.31. The molecule has 1 heterocycles. The third-order valence-electron chi connectivity index (χ3n) is 3.56. The molecule has 2 aromatic rings. The Morgan fingerprint density at radius 1 is 1.15 bits per heavy atom. The van der Waals surface area contributed by atoms with Crippen LogP contribution in [0.15, 0.2) is 36.4 Å². The molecule has 2 N–H and O–H groups in total. The number of carbonyl (C=O) groups excluding carboxylic acids is 2. The van der Waals surface area contributed by atoms with Crippen molar-refractivity contribution in [3.63, 3.8) is 0 Å². The van der Waals surface area contributed by atoms with E-state index in [1.54, 1.807) is 12.1 Å². The minimum Gasteiger partial charge on any atom is -0.454 e. The van der Waals surface area contributed by atoms with E-state index in [2.05, 4.69) is 10.9 Å². The number of amides is 2. The second kappa shape index (κ2) is 7.92. The Labute approximate surface area is 153 Å². The van der Waals surface area contributed by atoms with Gasteiger partial charge in [-0.25, -0.2) is 14.6 Å². The summed E-state index contributed by atoms with van der Waals surface area (Å²) < 4.78 is 28.8. The average molecular weight is 381 g/mol. The Morgan fingerprint density at radius 2 is 1.96 bits per heavy atom. The van der Waals surface area contributed by atoms with Gasteiger partial charge in [-0.15, -0.1) is 0 Å². The summed E-state index contributed by atoms with van der Waals surface area (Å²) in [5.74, 6) is -0.0438. The van der Waals surface area contributed by atoms with Gasteiger partial charge in [-0.1, -0.05) is 17.7 Å². The fourth-order valence-electron chi connectivity index (χ4n) is 2.27. The van der Waals surface area contributed by atoms with Crippen molar-refractivity contribution in [2.75, 3.05) is 13.4 Å². The predicted molar refractivity (Wildman–Crippen MR) is 89.6 cm³/mol. The standard InChI is InChI=1S/C17H14ClFN2O5/c18-12-2-1-3-13(19)11(12)6-7-24-17(23)21-20-16(22)10-4-5-14-15(8-10)26-9-25-14/h1-5,8H,6-7,9H2,(H,20,22)(H,21,23). The number of fused-ring (bicyclic) bond motifs is 1. The molecule has 26 heavy (non-hydrogen) atoms. The van der Waals surface area contributed by atoms with Crippen molar-refractivity contribution in [1.82, 2.24) is 10.9 Å². The molecule has 136 valence electrons. The van der Waals surface area contributed by atoms with Gasteiger partial charge in [0.1, 0.15) is 5.82 Å². The first-order valence-electron chi connectivity index (χ1n) is 7.60. The molecule has 0 fully saturated rings. The molecule has 0 aliphatic carbocycles. The zero-order valence-electron chi connectivity index (χ0n) is 13.4. The number of benzene rings is 2. The van der Waals surface area contributed by atoms with E-state index in [1.807, 2.05) is 0 Å². The van der Waals surface area contributed by atoms with Crippen molar-refractivity contribution in [2.24, 2.45) is 0 Å². The number of ether oxygens (including phenoxy) is 3. The SMILES string of the molecule is O=C(NNC(=O)c1ccc2c(c1)OCO2)OCCc1c(F)cccc1Cl. The molecule has 3 rings (SSSR count). The highest BCUT2D eigenvalue weighted by atomic mass is 35.5. The van der Waals surface area contributed by atoms with E-state index in [0.29, 0.717) is 11.5 Å². The highest BCUT2D eigenvalue weighted by Crippen LogP contribution is 2.32. The molecule has 0 saturated carbocycles. The van der Waals surface area contributed by atoms with Crippen LogP contribution in [0.3, 0.4) is 0 Å². The normalized spacial score (nSPS) is 11.8. The molecule has 0 atom stereocenters. The topological polar surface area (TPSA) is 85.9 Å². The monoisotopic (exact) mass is 380 g/mol. The zero-order valence-corrected chi connectivity index (χ0v) is 14.1. The van der Waals surface area contributed by atoms with Gasteiger partial charge in [0.15, 0.2) is 11.5 Å². The molecule has 0 spiro atoms. The van der Waals surface area contributed by atoms with Gasteiger partial charge in [0.05, 0.1) is 6.61 Å². The molecule has 9 heteroatoms. The molecule has 0 unspecified atom stereocenters. The quantitative estimate of drug-likeness (QED) is 0.797. The van der Waals surface area contributed by atoms with E-state index >= 15 is 0 Å². The summed E-state index contributed by atoms with van der Waals surface area (Å²) in [4.78, 5) is 23.6. The van der Waals surface area contributed by atoms with Crippen molar-refractivity contribution in [1.29, 1.82) is 0 Å². The van der Waals surface area contributed by atoms with Gasteiger partial charge in [-0.05, 0) is 30.3 Å². The summed E-state index contributed by atoms with van der Waals surface area (Å²) in [6.45, 7) is -0.0105. The average Bonchev–Trinajstić information content (AvgIpc) is 3.10. The van der Waals surface area contributed by atoms with Gasteiger partial charge in [0, 0.05) is 22.6 Å². The number of hydrazine groups is 1. The molecule has 1 aliphatic rings. The number of halogens is 2. The number of hydrogen-bond donors (Lipinski definition) is 2. The smallest absolute Gasteiger partial charge is 0.426 e. The second-order valence-electron chi connectivity index (χ2n) is 5.23. The van der Waals surface area contributed by atoms with Gasteiger partial charge in [-0.2, -0.15) is 0 Å². The molecular formula is C17H14ClFN2O5. The highest BCUT2D eigenvalue weighted by Gasteiger charge is 2.16. The van der Waals surface area contributed by atoms with Crippen LogP contribution >= 0.6 is 11.6 Å². The van der Waals surface area contributed by atoms with Gasteiger partial charge in [0.2, 0.25) is 6.79 Å². The van der Waals surface area contributed by atoms with Crippen molar-refractivity contribution in [3.05, 3.63) is 58.4 Å². The molecule has 1 aliphatic heterocycles. The summed E-state index contributed by atoms with van der Waals surface area (Å²) in [7, 11) is 0. The van der Waals surface area contributed by atoms with E-state index in [9.17, 15) is 14.0 Å². The Hall–Kier alpha value is -3.00. The second-order valence-corrected chi connectivity index (χ2v) is 5.64. The van der Waals surface area contributed by atoms with E-state index in [1.165, 1.54) is 24.3 Å². The lowest BCUT2D eigenvalue weighted by Gasteiger charge is -2.10. The van der Waals surface area contributed by atoms with Gasteiger partial charge in [0.25, 0.3) is 5.91 Å². The lowest BCUT2D eigenvalue weighted by molar-refractivity contribution is 0.0910. The number of hydrogen-bond acceptors (Lipinski definition) is 5. The molecule has 2 amide bonds. The predicted octanol–water partition coefficient (Wildman–Crippen LogP) is 2.82. The summed E-state index contributed by atoms with van der Waals surface area (Å²) in [5, 5.41) is 0.255. The Morgan fingerprint density at radius 3 is 2.77 bits per heavy atom. The van der Waals surface area contributed by atoms with Gasteiger partial charge >= 0.3 is 6.09 Å². The van der Waals surface area contributed by atoms with E-state index in [0.717, 1.165) is 0 Å². The fourth-order valence-corrected chi connectivity index (χ4v) is 2.53. The minimum atomic E-state index is -0.883. The molecule has 7 nitrogen and oxygen atoms in total. The lowest BCUT2D eigenvalue weighted by atomic mass is 10.1. The molecule has 0 radical (unpaired) electrons. The number of rotatable bonds is 4. The third kappa shape index (κ3) is 4.15. The first-order valence-corrected chi connectivity index (χ1v) is 7.98. The molecule has 0 saturated heterocycles. The van der Waals surface area contributed by atoms with Crippen LogP contribution < -0.4 is 20.3 Å². The first-order chi connectivity index (χ1) is 12.5. The zero-order chi connectivity index (χ0) is 18.5. The van der Waals surface area contributed by atoms with Crippen molar-refractivity contribution >= 4 is 23.6 Å². The van der Waals surface area contributed by atoms with Gasteiger partial charge in [-0.3, -0.25) is 10.2 Å². The Bertz CT molecular complexity index is 826. The fraction of sp³-hybridized carbons (Fsp3) is 0.176. The summed E-state index contributed by atoms with van der Waals surface area (Å²) in [6.07, 6.45) is -0.777. The maximum atomic E-state index is 13.6. The Balaban J connectivity index is 1.44. The molecular weight excluding hydrogens is 367 g/mol. The van der Waals surface area contributed by atoms with Crippen LogP contribution in [-0.2, 0) is 11.2 Å². The van der Waals surface area contributed by atoms with Crippen molar-refractivity contribution < 1.29 is 28.2 Å². The number of nitrogens with one attached hydrogen (secondary N) is 2. The summed E-state index contributed by atoms with van der Waals surface area (Å²) in [6, 6.07) is 8.91. The van der Waals surface area contributed by atoms with Crippen LogP contribution in [0.1, 0.15) is 15.9 Å². The van der Waals surface area contributed by atoms with Crippen LogP contribution in [0.4, 0.5) is 9.18 Å². The number of carbonyl (C=O) groups is 2. The van der Waals surface area contributed by atoms with Crippen LogP contribution in [-0.4, -0.2) is 25.4 Å². The molecule has 0 aromatic heterocycles. The van der Waals surface area contributed by atoms with Crippen molar-refractivity contribution in [3.8, 4) is 11.5 Å². The Kier molecular flexibility index (Phi) is 5.43. The van der Waals surface area contributed by atoms with E-state index in [4.69, 9.17) is 25.8 Å². The van der Waals surface area contributed by atoms with Crippen LogP contribution in [0.2, 0.25) is 5.02 Å². The van der Waals surface area contributed by atoms with E-state index < -0.39 is 17.8 Å². The third-order valence-corrected chi connectivity index (χ3v) is 3.91. The summed E-state index contributed by atoms with van der Waals surface area (Å²) in [5.41, 5.74) is 4.83. The molecule has 2 aromatic carbocycles. The minimum absolute atomic E-state index is 0.0943. The maximum Gasteiger partial charge on any atom is 0.426 e. The van der Waals surface area contributed by atoms with Crippen LogP contribution in [0.25, 0.3) is 0 Å². The lowest BCUT2D eigenvalue weighted by Crippen LogP contribution is -2.42. The maximum absolute atomic E-state index is 13.6. The summed E-state index contributed by atoms with van der Waals surface area (Å²) >= 11 is 5.88. The van der Waals surface area contributed by atoms with Crippen molar-refractivity contribution in [2.45, 2.75) is 6.42 Å².